The van der Waals surface area contributed by atoms with Gasteiger partial charge in [0.25, 0.3) is 23.1 Å². The zero-order valence-electron chi connectivity index (χ0n) is 12.4. The number of hydrogen-bond donors (Lipinski definition) is 2. The number of benzene rings is 1. The van der Waals surface area contributed by atoms with Gasteiger partial charge in [0.1, 0.15) is 10.3 Å². The van der Waals surface area contributed by atoms with Crippen molar-refractivity contribution >= 4 is 55.2 Å². The van der Waals surface area contributed by atoms with E-state index in [0.717, 1.165) is 10.6 Å². The Morgan fingerprint density at radius 3 is 2.44 bits per heavy atom. The zero-order valence-corrected chi connectivity index (χ0v) is 15.6. The van der Waals surface area contributed by atoms with E-state index in [1.807, 2.05) is 0 Å². The zero-order chi connectivity index (χ0) is 18.6. The van der Waals surface area contributed by atoms with Gasteiger partial charge in [-0.25, -0.2) is 0 Å². The van der Waals surface area contributed by atoms with Gasteiger partial charge in [-0.3, -0.25) is 34.4 Å². The summed E-state index contributed by atoms with van der Waals surface area (Å²) in [6.07, 6.45) is 0. The molecule has 0 bridgehead atoms. The van der Waals surface area contributed by atoms with Crippen LogP contribution in [0, 0.1) is 17.0 Å². The van der Waals surface area contributed by atoms with Crippen LogP contribution >= 0.6 is 31.9 Å². The van der Waals surface area contributed by atoms with Crippen molar-refractivity contribution in [3.05, 3.63) is 58.2 Å². The minimum absolute atomic E-state index is 0.0165. The number of anilines is 1. The smallest absolute Gasteiger partial charge is 0.288 e. The Morgan fingerprint density at radius 1 is 1.20 bits per heavy atom. The first-order chi connectivity index (χ1) is 11.6. The largest absolute Gasteiger partial charge is 0.384 e. The number of nitrogens with two attached hydrogens (primary N) is 1. The molecule has 0 saturated heterocycles. The number of amides is 2. The molecule has 0 fully saturated rings. The summed E-state index contributed by atoms with van der Waals surface area (Å²) in [4.78, 5) is 46.9. The van der Waals surface area contributed by atoms with E-state index in [4.69, 9.17) is 5.73 Å². The van der Waals surface area contributed by atoms with E-state index in [9.17, 15) is 24.5 Å². The summed E-state index contributed by atoms with van der Waals surface area (Å²) in [6.45, 7) is 1.54. The second-order valence-electron chi connectivity index (χ2n) is 5.22. The molecule has 128 valence electrons. The fourth-order valence-electron chi connectivity index (χ4n) is 2.66. The minimum atomic E-state index is -0.736. The molecule has 2 amide bonds. The average Bonchev–Trinajstić information content (AvgIpc) is 2.75. The highest BCUT2D eigenvalue weighted by Crippen LogP contribution is 2.40. The lowest BCUT2D eigenvalue weighted by atomic mass is 10.1. The Morgan fingerprint density at radius 2 is 1.84 bits per heavy atom. The molecule has 1 aliphatic rings. The quantitative estimate of drug-likeness (QED) is 0.390. The maximum atomic E-state index is 12.5. The number of nitro benzene ring substituents is 1. The fourth-order valence-corrected chi connectivity index (χ4v) is 4.49. The van der Waals surface area contributed by atoms with Crippen molar-refractivity contribution in [3.63, 3.8) is 0 Å². The summed E-state index contributed by atoms with van der Waals surface area (Å²) in [5, 5.41) is 13.4. The number of rotatable bonds is 2. The summed E-state index contributed by atoms with van der Waals surface area (Å²) in [5.41, 5.74) is 5.15. The molecule has 2 heterocycles. The molecular formula is C14H8Br2N4O5. The van der Waals surface area contributed by atoms with Gasteiger partial charge in [0.15, 0.2) is 0 Å². The maximum Gasteiger partial charge on any atom is 0.288 e. The van der Waals surface area contributed by atoms with Crippen molar-refractivity contribution < 1.29 is 14.5 Å². The van der Waals surface area contributed by atoms with E-state index in [0.29, 0.717) is 10.0 Å². The number of hydrogen-bond acceptors (Lipinski definition) is 6. The third kappa shape index (κ3) is 2.46. The number of aryl methyl sites for hydroxylation is 1. The normalized spacial score (nSPS) is 12.9. The van der Waals surface area contributed by atoms with Crippen LogP contribution in [-0.4, -0.2) is 21.3 Å². The highest BCUT2D eigenvalue weighted by atomic mass is 79.9. The van der Waals surface area contributed by atoms with E-state index in [1.54, 1.807) is 6.92 Å². The number of imide groups is 1. The molecular weight excluding hydrogens is 464 g/mol. The van der Waals surface area contributed by atoms with Gasteiger partial charge in [0.05, 0.1) is 21.7 Å². The average molecular weight is 472 g/mol. The summed E-state index contributed by atoms with van der Waals surface area (Å²) < 4.78 is 1.31. The van der Waals surface area contributed by atoms with E-state index in [2.05, 4.69) is 37.2 Å². The number of pyridine rings is 1. The molecule has 0 radical (unpaired) electrons. The molecule has 0 atom stereocenters. The van der Waals surface area contributed by atoms with Crippen LogP contribution in [-0.2, 0) is 0 Å². The number of nitro groups is 1. The standard InChI is InChI=1S/C14H8Br2N4O5/c1-4-2-6(15)11(9(16)10(4)20(24)25)19-7(21)3-5-8(12(19)17)14(23)18-13(5)22/h2-3H,17H2,1H3,(H,18,22,23). The highest BCUT2D eigenvalue weighted by molar-refractivity contribution is 9.11. The van der Waals surface area contributed by atoms with E-state index < -0.39 is 22.3 Å². The number of fused-ring (bicyclic) bond motifs is 1. The van der Waals surface area contributed by atoms with Crippen molar-refractivity contribution in [2.75, 3.05) is 5.73 Å². The van der Waals surface area contributed by atoms with Crippen LogP contribution in [0.1, 0.15) is 26.3 Å². The Hall–Kier alpha value is -2.53. The minimum Gasteiger partial charge on any atom is -0.384 e. The van der Waals surface area contributed by atoms with Gasteiger partial charge in [-0.1, -0.05) is 0 Å². The molecule has 9 nitrogen and oxygen atoms in total. The molecule has 0 unspecified atom stereocenters. The SMILES string of the molecule is Cc1cc(Br)c(-n2c(N)c3c(cc2=O)C(=O)NC3=O)c(Br)c1[N+](=O)[O-]. The second-order valence-corrected chi connectivity index (χ2v) is 6.87. The van der Waals surface area contributed by atoms with E-state index in [1.165, 1.54) is 6.07 Å². The van der Waals surface area contributed by atoms with Gasteiger partial charge in [0, 0.05) is 16.1 Å². The van der Waals surface area contributed by atoms with Crippen molar-refractivity contribution in [1.29, 1.82) is 0 Å². The number of nitrogen functional groups attached to an aromatic ring is 1. The first-order valence-corrected chi connectivity index (χ1v) is 8.28. The van der Waals surface area contributed by atoms with Gasteiger partial charge in [-0.15, -0.1) is 0 Å². The van der Waals surface area contributed by atoms with Gasteiger partial charge in [-0.05, 0) is 44.8 Å². The fraction of sp³-hybridized carbons (Fsp3) is 0.0714. The predicted molar refractivity (Wildman–Crippen MR) is 95.0 cm³/mol. The number of nitrogens with zero attached hydrogens (tertiary/aromatic N) is 2. The molecule has 25 heavy (non-hydrogen) atoms. The molecule has 0 aliphatic carbocycles. The molecule has 1 aliphatic heterocycles. The second kappa shape index (κ2) is 5.77. The summed E-state index contributed by atoms with van der Waals surface area (Å²) in [6, 6.07) is 2.43. The first-order valence-electron chi connectivity index (χ1n) is 6.69. The molecule has 3 N–H and O–H groups in total. The number of aromatic nitrogens is 1. The molecule has 0 spiro atoms. The number of nitrogens with one attached hydrogen (secondary N) is 1. The van der Waals surface area contributed by atoms with Crippen LogP contribution in [0.15, 0.2) is 25.9 Å². The van der Waals surface area contributed by atoms with Crippen molar-refractivity contribution in [3.8, 4) is 5.69 Å². The molecule has 3 rings (SSSR count). The predicted octanol–water partition coefficient (Wildman–Crippen LogP) is 2.04. The summed E-state index contributed by atoms with van der Waals surface area (Å²) in [5.74, 6) is -1.74. The summed E-state index contributed by atoms with van der Waals surface area (Å²) >= 11 is 6.40. The summed E-state index contributed by atoms with van der Waals surface area (Å²) in [7, 11) is 0. The lowest BCUT2D eigenvalue weighted by Gasteiger charge is -2.16. The van der Waals surface area contributed by atoms with Crippen molar-refractivity contribution in [1.82, 2.24) is 9.88 Å². The number of carbonyl (C=O) groups is 2. The van der Waals surface area contributed by atoms with Crippen LogP contribution in [0.25, 0.3) is 5.69 Å². The Labute approximate surface area is 156 Å². The van der Waals surface area contributed by atoms with E-state index >= 15 is 0 Å². The van der Waals surface area contributed by atoms with Gasteiger partial charge < -0.3 is 5.73 Å². The molecule has 1 aromatic heterocycles. The van der Waals surface area contributed by atoms with Gasteiger partial charge in [0.2, 0.25) is 0 Å². The van der Waals surface area contributed by atoms with Crippen LogP contribution < -0.4 is 16.6 Å². The third-order valence-corrected chi connectivity index (χ3v) is 5.07. The highest BCUT2D eigenvalue weighted by Gasteiger charge is 2.33. The maximum absolute atomic E-state index is 12.5. The van der Waals surface area contributed by atoms with Crippen LogP contribution in [0.4, 0.5) is 11.5 Å². The first kappa shape index (κ1) is 17.3. The Balaban J connectivity index is 2.44. The molecule has 0 saturated carbocycles. The lowest BCUT2D eigenvalue weighted by molar-refractivity contribution is -0.386. The Kier molecular flexibility index (Phi) is 4.00. The van der Waals surface area contributed by atoms with Crippen molar-refractivity contribution in [2.24, 2.45) is 0 Å². The number of halogens is 2. The van der Waals surface area contributed by atoms with Crippen LogP contribution in [0.5, 0.6) is 0 Å². The van der Waals surface area contributed by atoms with E-state index in [-0.39, 0.29) is 32.8 Å². The number of carbonyl (C=O) groups excluding carboxylic acids is 2. The molecule has 2 aromatic rings. The monoisotopic (exact) mass is 470 g/mol. The Bertz CT molecular complexity index is 1060. The van der Waals surface area contributed by atoms with Crippen LogP contribution in [0.2, 0.25) is 0 Å². The van der Waals surface area contributed by atoms with Gasteiger partial charge >= 0.3 is 0 Å². The third-order valence-electron chi connectivity index (χ3n) is 3.72. The van der Waals surface area contributed by atoms with Gasteiger partial charge in [-0.2, -0.15) is 0 Å². The molecule has 11 heteroatoms. The van der Waals surface area contributed by atoms with Crippen molar-refractivity contribution in [2.45, 2.75) is 6.92 Å². The molecule has 1 aromatic carbocycles. The van der Waals surface area contributed by atoms with Crippen LogP contribution in [0.3, 0.4) is 0 Å². The lowest BCUT2D eigenvalue weighted by Crippen LogP contribution is -2.25. The topological polar surface area (TPSA) is 137 Å².